The number of carbonyl (C=O) groups is 1. The molecule has 3 N–H and O–H groups in total. The van der Waals surface area contributed by atoms with Crippen molar-refractivity contribution in [1.82, 2.24) is 0 Å². The van der Waals surface area contributed by atoms with Crippen molar-refractivity contribution in [3.63, 3.8) is 0 Å². The van der Waals surface area contributed by atoms with Gasteiger partial charge >= 0.3 is 0 Å². The van der Waals surface area contributed by atoms with E-state index in [1.54, 1.807) is 12.1 Å². The highest BCUT2D eigenvalue weighted by molar-refractivity contribution is 5.80. The second-order valence-corrected chi connectivity index (χ2v) is 5.44. The molecule has 0 heterocycles. The Balaban J connectivity index is 2.23. The van der Waals surface area contributed by atoms with Crippen LogP contribution in [-0.2, 0) is 24.2 Å². The minimum Gasteiger partial charge on any atom is -0.489 e. The van der Waals surface area contributed by atoms with E-state index >= 15 is 0 Å². The number of ether oxygens (including phenoxy) is 1. The lowest BCUT2D eigenvalue weighted by Crippen LogP contribution is -2.22. The van der Waals surface area contributed by atoms with Gasteiger partial charge in [0.05, 0.1) is 0 Å². The number of hydrogen-bond acceptors (Lipinski definition) is 3. The van der Waals surface area contributed by atoms with Crippen molar-refractivity contribution in [1.29, 1.82) is 0 Å². The molecule has 0 bridgehead atoms. The number of aliphatic hydroxyl groups excluding tert-OH is 1. The predicted octanol–water partition coefficient (Wildman–Crippen LogP) is 2.91. The maximum atomic E-state index is 11.2. The highest BCUT2D eigenvalue weighted by atomic mass is 16.5. The molecule has 0 fully saturated rings. The molecule has 2 aromatic carbocycles. The molecule has 23 heavy (non-hydrogen) atoms. The number of rotatable bonds is 7. The molecule has 0 spiro atoms. The lowest BCUT2D eigenvalue weighted by molar-refractivity contribution is -0.126. The van der Waals surface area contributed by atoms with Gasteiger partial charge in [-0.05, 0) is 41.2 Å². The topological polar surface area (TPSA) is 72.6 Å². The summed E-state index contributed by atoms with van der Waals surface area (Å²) in [6, 6.07) is 13.4. The molecule has 0 aromatic heterocycles. The van der Waals surface area contributed by atoms with Gasteiger partial charge in [-0.3, -0.25) is 4.79 Å². The number of aliphatic hydroxyl groups is 1. The molecule has 4 nitrogen and oxygen atoms in total. The van der Waals surface area contributed by atoms with Gasteiger partial charge in [0.1, 0.15) is 12.4 Å². The number of amides is 1. The normalized spacial score (nSPS) is 12.0. The minimum absolute atomic E-state index is 0.278. The average Bonchev–Trinajstić information content (AvgIpc) is 2.59. The Morgan fingerprint density at radius 2 is 1.87 bits per heavy atom. The summed E-state index contributed by atoms with van der Waals surface area (Å²) in [5, 5.41) is 9.93. The quantitative estimate of drug-likeness (QED) is 0.825. The highest BCUT2D eigenvalue weighted by Gasteiger charge is 2.17. The maximum absolute atomic E-state index is 11.2. The van der Waals surface area contributed by atoms with Crippen molar-refractivity contribution in [2.24, 2.45) is 5.73 Å². The Morgan fingerprint density at radius 3 is 2.52 bits per heavy atom. The fourth-order valence-electron chi connectivity index (χ4n) is 2.49. The monoisotopic (exact) mass is 313 g/mol. The van der Waals surface area contributed by atoms with Gasteiger partial charge < -0.3 is 15.6 Å². The molecule has 2 rings (SSSR count). The molecule has 122 valence electrons. The molecule has 1 unspecified atom stereocenters. The summed E-state index contributed by atoms with van der Waals surface area (Å²) in [5.74, 6) is 0.0786. The summed E-state index contributed by atoms with van der Waals surface area (Å²) >= 11 is 0. The van der Waals surface area contributed by atoms with Crippen LogP contribution in [0.1, 0.15) is 42.2 Å². The van der Waals surface area contributed by atoms with E-state index < -0.39 is 12.0 Å². The van der Waals surface area contributed by atoms with Gasteiger partial charge in [0, 0.05) is 0 Å². The third kappa shape index (κ3) is 4.11. The fraction of sp³-hybridized carbons (Fsp3) is 0.316. The zero-order valence-corrected chi connectivity index (χ0v) is 13.6. The van der Waals surface area contributed by atoms with Crippen LogP contribution in [0.3, 0.4) is 0 Å². The Bertz CT molecular complexity index is 682. The van der Waals surface area contributed by atoms with E-state index in [4.69, 9.17) is 10.5 Å². The van der Waals surface area contributed by atoms with Crippen molar-refractivity contribution in [3.05, 3.63) is 64.7 Å². The summed E-state index contributed by atoms with van der Waals surface area (Å²) in [6.45, 7) is 4.46. The van der Waals surface area contributed by atoms with Crippen LogP contribution in [0.4, 0.5) is 0 Å². The van der Waals surface area contributed by atoms with Gasteiger partial charge in [-0.2, -0.15) is 0 Å². The van der Waals surface area contributed by atoms with Crippen LogP contribution in [0.2, 0.25) is 0 Å². The number of benzene rings is 2. The number of nitrogens with two attached hydrogens (primary N) is 1. The molecule has 2 aromatic rings. The van der Waals surface area contributed by atoms with E-state index in [2.05, 4.69) is 26.0 Å². The van der Waals surface area contributed by atoms with Gasteiger partial charge in [0.15, 0.2) is 6.10 Å². The Labute approximate surface area is 136 Å². The first-order valence-electron chi connectivity index (χ1n) is 7.86. The van der Waals surface area contributed by atoms with Crippen LogP contribution < -0.4 is 10.5 Å². The summed E-state index contributed by atoms with van der Waals surface area (Å²) in [4.78, 5) is 11.2. The zero-order valence-electron chi connectivity index (χ0n) is 13.6. The largest absolute Gasteiger partial charge is 0.489 e. The van der Waals surface area contributed by atoms with E-state index in [0.717, 1.165) is 29.7 Å². The van der Waals surface area contributed by atoms with Gasteiger partial charge in [-0.1, -0.05) is 50.2 Å². The number of primary amides is 1. The van der Waals surface area contributed by atoms with Crippen LogP contribution in [0.25, 0.3) is 0 Å². The highest BCUT2D eigenvalue weighted by Crippen LogP contribution is 2.24. The Morgan fingerprint density at radius 1 is 1.13 bits per heavy atom. The van der Waals surface area contributed by atoms with Crippen molar-refractivity contribution < 1.29 is 14.6 Å². The van der Waals surface area contributed by atoms with E-state index in [1.807, 2.05) is 18.2 Å². The first-order valence-corrected chi connectivity index (χ1v) is 7.86. The van der Waals surface area contributed by atoms with Gasteiger partial charge in [-0.15, -0.1) is 0 Å². The predicted molar refractivity (Wildman–Crippen MR) is 90.1 cm³/mol. The van der Waals surface area contributed by atoms with Gasteiger partial charge in [0.2, 0.25) is 0 Å². The number of hydrogen-bond donors (Lipinski definition) is 2. The van der Waals surface area contributed by atoms with Gasteiger partial charge in [0.25, 0.3) is 5.91 Å². The van der Waals surface area contributed by atoms with Crippen LogP contribution in [-0.4, -0.2) is 11.0 Å². The van der Waals surface area contributed by atoms with Crippen LogP contribution in [0, 0.1) is 0 Å². The first kappa shape index (κ1) is 17.0. The molecule has 0 aliphatic rings. The van der Waals surface area contributed by atoms with Crippen LogP contribution >= 0.6 is 0 Å². The molecular formula is C19H23NO3. The van der Waals surface area contributed by atoms with E-state index in [1.165, 1.54) is 5.56 Å². The molecule has 4 heteroatoms. The molecule has 1 atom stereocenters. The smallest absolute Gasteiger partial charge is 0.250 e. The summed E-state index contributed by atoms with van der Waals surface area (Å²) in [7, 11) is 0. The van der Waals surface area contributed by atoms with E-state index in [0.29, 0.717) is 5.56 Å². The fourth-order valence-corrected chi connectivity index (χ4v) is 2.49. The molecule has 0 radical (unpaired) electrons. The third-order valence-corrected chi connectivity index (χ3v) is 3.92. The summed E-state index contributed by atoms with van der Waals surface area (Å²) in [6.07, 6.45) is 0.504. The first-order chi connectivity index (χ1) is 11.1. The average molecular weight is 313 g/mol. The second kappa shape index (κ2) is 7.79. The van der Waals surface area contributed by atoms with Crippen molar-refractivity contribution in [2.45, 2.75) is 39.4 Å². The van der Waals surface area contributed by atoms with Crippen LogP contribution in [0.5, 0.6) is 5.75 Å². The lowest BCUT2D eigenvalue weighted by atomic mass is 10.0. The Hall–Kier alpha value is -2.33. The van der Waals surface area contributed by atoms with Crippen molar-refractivity contribution in [2.75, 3.05) is 0 Å². The number of carbonyl (C=O) groups excluding carboxylic acids is 1. The van der Waals surface area contributed by atoms with Crippen molar-refractivity contribution in [3.8, 4) is 5.75 Å². The van der Waals surface area contributed by atoms with Gasteiger partial charge in [-0.25, -0.2) is 0 Å². The maximum Gasteiger partial charge on any atom is 0.250 e. The van der Waals surface area contributed by atoms with E-state index in [9.17, 15) is 9.90 Å². The summed E-state index contributed by atoms with van der Waals surface area (Å²) < 4.78 is 5.96. The van der Waals surface area contributed by atoms with Crippen LogP contribution in [0.15, 0.2) is 42.5 Å². The molecule has 0 aliphatic heterocycles. The minimum atomic E-state index is -1.32. The Kier molecular flexibility index (Phi) is 5.77. The van der Waals surface area contributed by atoms with E-state index in [-0.39, 0.29) is 6.61 Å². The molecule has 0 aliphatic carbocycles. The standard InChI is InChI=1S/C19H23NO3/c1-3-13-9-10-14(4-2)17(11-13)23-12-15-7-5-6-8-16(15)18(21)19(20)22/h5-11,18,21H,3-4,12H2,1-2H3,(H2,20,22). The SMILES string of the molecule is CCc1ccc(CC)c(OCc2ccccc2C(O)C(N)=O)c1. The molecular weight excluding hydrogens is 290 g/mol. The number of aryl methyl sites for hydroxylation is 2. The second-order valence-electron chi connectivity index (χ2n) is 5.44. The zero-order chi connectivity index (χ0) is 16.8. The third-order valence-electron chi connectivity index (χ3n) is 3.92. The molecule has 1 amide bonds. The van der Waals surface area contributed by atoms with Crippen molar-refractivity contribution >= 4 is 5.91 Å². The lowest BCUT2D eigenvalue weighted by Gasteiger charge is -2.16. The summed E-state index contributed by atoms with van der Waals surface area (Å²) in [5.41, 5.74) is 8.79. The molecule has 0 saturated heterocycles. The molecule has 0 saturated carbocycles.